The first-order valence-corrected chi connectivity index (χ1v) is 12.4. The van der Waals surface area contributed by atoms with Gasteiger partial charge in [0.25, 0.3) is 11.8 Å². The lowest BCUT2D eigenvalue weighted by Crippen LogP contribution is -2.71. The molecule has 3 aromatic rings. The standard InChI is InChI=1S/C23H20N8O7S/c1-37-28-14(18-27-23(25)38-29-18)19(33)26-15-20(34)31-16(22(35)36)10(9-39-21(15)31)8-30-7-6-12(17(24)32)11-4-2-3-5-13(11)30/h2-7,15,21H,8-9H2,1H3,(H5-,24,25,26,27,29,32,33,35,36)/p+1/t15?,21-/m0/s1. The Labute approximate surface area is 223 Å². The molecule has 1 fully saturated rings. The summed E-state index contributed by atoms with van der Waals surface area (Å²) in [6, 6.07) is 7.34. The number of hydrogen-bond donors (Lipinski definition) is 4. The molecule has 1 unspecified atom stereocenters. The van der Waals surface area contributed by atoms with Crippen LogP contribution in [-0.2, 0) is 25.8 Å². The van der Waals surface area contributed by atoms with Crippen LogP contribution in [0.2, 0.25) is 0 Å². The molecule has 0 spiro atoms. The lowest BCUT2D eigenvalue weighted by molar-refractivity contribution is -0.663. The van der Waals surface area contributed by atoms with Gasteiger partial charge in [-0.25, -0.2) is 4.79 Å². The van der Waals surface area contributed by atoms with Crippen LogP contribution >= 0.6 is 11.8 Å². The van der Waals surface area contributed by atoms with Crippen LogP contribution in [0.15, 0.2) is 57.5 Å². The minimum Gasteiger partial charge on any atom is -0.477 e. The van der Waals surface area contributed by atoms with Crippen molar-refractivity contribution in [2.45, 2.75) is 18.0 Å². The molecule has 39 heavy (non-hydrogen) atoms. The SMILES string of the molecule is CON=C(C(=O)NC1C(=O)N2C(C(=O)O)=C(C[n+]3ccc(C(N)=O)c4ccccc43)CS[C@@H]12)c1noc(N)n1. The number of aromatic nitrogens is 3. The highest BCUT2D eigenvalue weighted by molar-refractivity contribution is 8.00. The number of aliphatic carboxylic acids is 1. The van der Waals surface area contributed by atoms with Gasteiger partial charge in [-0.15, -0.1) is 11.8 Å². The summed E-state index contributed by atoms with van der Waals surface area (Å²) in [5.41, 5.74) is 11.9. The number of nitrogen functional groups attached to an aromatic ring is 1. The van der Waals surface area contributed by atoms with Gasteiger partial charge < -0.3 is 31.3 Å². The number of para-hydroxylation sites is 1. The summed E-state index contributed by atoms with van der Waals surface area (Å²) in [6.45, 7) is 0.144. The fraction of sp³-hybridized carbons (Fsp3) is 0.217. The lowest BCUT2D eigenvalue weighted by Gasteiger charge is -2.49. The number of pyridine rings is 1. The quantitative estimate of drug-likeness (QED) is 0.114. The highest BCUT2D eigenvalue weighted by Crippen LogP contribution is 2.40. The van der Waals surface area contributed by atoms with E-state index in [1.165, 1.54) is 18.9 Å². The molecule has 2 aliphatic rings. The second-order valence-corrected chi connectivity index (χ2v) is 9.54. The van der Waals surface area contributed by atoms with E-state index in [-0.39, 0.29) is 35.5 Å². The zero-order valence-corrected chi connectivity index (χ0v) is 21.0. The second-order valence-electron chi connectivity index (χ2n) is 8.44. The molecule has 6 N–H and O–H groups in total. The van der Waals surface area contributed by atoms with Crippen LogP contribution in [-0.4, -0.2) is 73.8 Å². The highest BCUT2D eigenvalue weighted by atomic mass is 32.2. The Morgan fingerprint density at radius 2 is 2.10 bits per heavy atom. The van der Waals surface area contributed by atoms with E-state index >= 15 is 0 Å². The molecule has 1 saturated heterocycles. The number of carboxylic acids is 1. The molecule has 0 radical (unpaired) electrons. The number of primary amides is 1. The van der Waals surface area contributed by atoms with E-state index in [0.29, 0.717) is 22.0 Å². The van der Waals surface area contributed by atoms with Crippen LogP contribution in [0, 0.1) is 0 Å². The maximum absolute atomic E-state index is 13.1. The molecule has 16 heteroatoms. The van der Waals surface area contributed by atoms with Crippen LogP contribution < -0.4 is 21.4 Å². The maximum atomic E-state index is 13.1. The third-order valence-corrected chi connectivity index (χ3v) is 7.48. The van der Waals surface area contributed by atoms with Crippen LogP contribution in [0.1, 0.15) is 16.2 Å². The predicted molar refractivity (Wildman–Crippen MR) is 135 cm³/mol. The minimum absolute atomic E-state index is 0.144. The topological polar surface area (TPSA) is 220 Å². The smallest absolute Gasteiger partial charge is 0.352 e. The van der Waals surface area contributed by atoms with Gasteiger partial charge in [-0.3, -0.25) is 19.3 Å². The summed E-state index contributed by atoms with van der Waals surface area (Å²) in [5.74, 6) is -3.29. The van der Waals surface area contributed by atoms with Gasteiger partial charge in [0.1, 0.15) is 24.2 Å². The Hall–Kier alpha value is -4.99. The van der Waals surface area contributed by atoms with Crippen molar-refractivity contribution in [2.24, 2.45) is 10.9 Å². The number of benzene rings is 1. The van der Waals surface area contributed by atoms with E-state index in [1.807, 2.05) is 0 Å². The molecule has 2 aromatic heterocycles. The molecular formula is C23H21N8O7S+. The van der Waals surface area contributed by atoms with Crippen LogP contribution in [0.3, 0.4) is 0 Å². The van der Waals surface area contributed by atoms with Crippen molar-refractivity contribution >= 4 is 58.1 Å². The van der Waals surface area contributed by atoms with Crippen LogP contribution in [0.25, 0.3) is 10.9 Å². The maximum Gasteiger partial charge on any atom is 0.352 e. The molecule has 2 aliphatic heterocycles. The summed E-state index contributed by atoms with van der Waals surface area (Å²) in [7, 11) is 1.21. The number of nitrogens with zero attached hydrogens (tertiary/aromatic N) is 5. The first kappa shape index (κ1) is 25.7. The van der Waals surface area contributed by atoms with E-state index in [0.717, 1.165) is 4.90 Å². The van der Waals surface area contributed by atoms with Crippen molar-refractivity contribution in [1.29, 1.82) is 0 Å². The molecule has 200 valence electrons. The monoisotopic (exact) mass is 553 g/mol. The van der Waals surface area contributed by atoms with Crippen molar-refractivity contribution in [2.75, 3.05) is 18.6 Å². The number of oxime groups is 1. The van der Waals surface area contributed by atoms with E-state index in [2.05, 4.69) is 30.0 Å². The summed E-state index contributed by atoms with van der Waals surface area (Å²) in [6.07, 6.45) is 1.65. The van der Waals surface area contributed by atoms with E-state index in [1.54, 1.807) is 41.1 Å². The molecule has 1 aromatic carbocycles. The van der Waals surface area contributed by atoms with Crippen molar-refractivity contribution in [1.82, 2.24) is 20.4 Å². The number of thioether (sulfide) groups is 1. The average Bonchev–Trinajstić information content (AvgIpc) is 3.35. The average molecular weight is 554 g/mol. The number of carbonyl (C=O) groups excluding carboxylic acids is 3. The number of carboxylic acid groups (broad SMARTS) is 1. The molecule has 15 nitrogen and oxygen atoms in total. The third kappa shape index (κ3) is 4.50. The second kappa shape index (κ2) is 10.1. The number of fused-ring (bicyclic) bond motifs is 2. The van der Waals surface area contributed by atoms with Gasteiger partial charge in [-0.05, 0) is 6.07 Å². The largest absolute Gasteiger partial charge is 0.477 e. The van der Waals surface area contributed by atoms with Crippen molar-refractivity contribution in [3.63, 3.8) is 0 Å². The van der Waals surface area contributed by atoms with Crippen molar-refractivity contribution in [3.05, 3.63) is 59.2 Å². The number of rotatable bonds is 8. The number of nitrogens with two attached hydrogens (primary N) is 2. The fourth-order valence-corrected chi connectivity index (χ4v) is 5.80. The van der Waals surface area contributed by atoms with Crippen molar-refractivity contribution in [3.8, 4) is 0 Å². The van der Waals surface area contributed by atoms with Gasteiger partial charge in [0, 0.05) is 23.5 Å². The van der Waals surface area contributed by atoms with Gasteiger partial charge in [0.15, 0.2) is 12.7 Å². The first-order valence-electron chi connectivity index (χ1n) is 11.3. The zero-order valence-electron chi connectivity index (χ0n) is 20.2. The summed E-state index contributed by atoms with van der Waals surface area (Å²) in [5, 5.41) is 19.6. The molecule has 3 amide bonds. The highest BCUT2D eigenvalue weighted by Gasteiger charge is 2.55. The molecule has 4 heterocycles. The molecule has 0 aliphatic carbocycles. The number of nitrogens with one attached hydrogen (secondary N) is 1. The van der Waals surface area contributed by atoms with E-state index < -0.39 is 35.1 Å². The van der Waals surface area contributed by atoms with Crippen LogP contribution in [0.5, 0.6) is 0 Å². The number of β-lactam (4-membered cyclic amide) rings is 1. The van der Waals surface area contributed by atoms with Gasteiger partial charge in [-0.1, -0.05) is 22.4 Å². The van der Waals surface area contributed by atoms with Gasteiger partial charge in [0.05, 0.1) is 10.9 Å². The van der Waals surface area contributed by atoms with Crippen molar-refractivity contribution < 1.29 is 38.2 Å². The normalized spacial score (nSPS) is 18.9. The van der Waals surface area contributed by atoms with Gasteiger partial charge in [0.2, 0.25) is 23.0 Å². The Bertz CT molecular complexity index is 1600. The Morgan fingerprint density at radius 3 is 2.77 bits per heavy atom. The van der Waals surface area contributed by atoms with Crippen LogP contribution in [0.4, 0.5) is 6.01 Å². The lowest BCUT2D eigenvalue weighted by atomic mass is 10.0. The third-order valence-electron chi connectivity index (χ3n) is 6.14. The molecular weight excluding hydrogens is 532 g/mol. The Balaban J connectivity index is 1.41. The Kier molecular flexibility index (Phi) is 6.61. The summed E-state index contributed by atoms with van der Waals surface area (Å²) < 4.78 is 6.45. The fourth-order valence-electron chi connectivity index (χ4n) is 4.47. The van der Waals surface area contributed by atoms with E-state index in [9.17, 15) is 24.3 Å². The summed E-state index contributed by atoms with van der Waals surface area (Å²) >= 11 is 1.29. The molecule has 0 bridgehead atoms. The predicted octanol–water partition coefficient (Wildman–Crippen LogP) is -1.02. The first-order chi connectivity index (χ1) is 18.7. The number of hydrogen-bond acceptors (Lipinski definition) is 11. The zero-order chi connectivity index (χ0) is 27.8. The Morgan fingerprint density at radius 1 is 1.33 bits per heavy atom. The van der Waals surface area contributed by atoms with Gasteiger partial charge >= 0.3 is 12.0 Å². The molecule has 2 atom stereocenters. The van der Waals surface area contributed by atoms with Gasteiger partial charge in [-0.2, -0.15) is 9.55 Å². The number of amides is 3. The number of anilines is 1. The minimum atomic E-state index is -1.28. The summed E-state index contributed by atoms with van der Waals surface area (Å²) in [4.78, 5) is 59.7. The molecule has 0 saturated carbocycles. The number of carbonyl (C=O) groups is 4. The molecule has 5 rings (SSSR count). The van der Waals surface area contributed by atoms with E-state index in [4.69, 9.17) is 11.5 Å².